The van der Waals surface area contributed by atoms with Crippen LogP contribution in [0.2, 0.25) is 0 Å². The van der Waals surface area contributed by atoms with E-state index in [9.17, 15) is 23.5 Å². The van der Waals surface area contributed by atoms with Gasteiger partial charge in [-0.2, -0.15) is 4.80 Å². The number of pyridine rings is 1. The molecule has 1 atom stereocenters. The van der Waals surface area contributed by atoms with Gasteiger partial charge in [0.25, 0.3) is 5.88 Å². The minimum absolute atomic E-state index is 0.0452. The fraction of sp³-hybridized carbons (Fsp3) is 0.348. The summed E-state index contributed by atoms with van der Waals surface area (Å²) in [5.41, 5.74) is -0.517. The van der Waals surface area contributed by atoms with E-state index in [0.717, 1.165) is 16.9 Å². The van der Waals surface area contributed by atoms with Gasteiger partial charge in [0.1, 0.15) is 17.2 Å². The van der Waals surface area contributed by atoms with Crippen LogP contribution in [0.1, 0.15) is 27.2 Å². The van der Waals surface area contributed by atoms with E-state index in [4.69, 9.17) is 9.47 Å². The number of tetrazole rings is 2. The molecule has 0 aliphatic rings. The van der Waals surface area contributed by atoms with Crippen molar-refractivity contribution in [1.29, 1.82) is 0 Å². The molecule has 0 fully saturated rings. The Balaban J connectivity index is 1.45. The van der Waals surface area contributed by atoms with Crippen molar-refractivity contribution in [2.45, 2.75) is 45.4 Å². The number of benzene rings is 1. The Morgan fingerprint density at radius 3 is 2.52 bits per heavy atom. The molecule has 3 heterocycles. The maximum absolute atomic E-state index is 14.9. The molecule has 15 nitrogen and oxygen atoms in total. The highest BCUT2D eigenvalue weighted by atomic mass is 19.1. The van der Waals surface area contributed by atoms with E-state index in [1.54, 1.807) is 27.8 Å². The number of carbonyl (C=O) groups excluding carboxylic acids is 1. The predicted octanol–water partition coefficient (Wildman–Crippen LogP) is 2.36. The summed E-state index contributed by atoms with van der Waals surface area (Å²) >= 11 is 0. The Labute approximate surface area is 225 Å². The highest BCUT2D eigenvalue weighted by molar-refractivity contribution is 5.71. The van der Waals surface area contributed by atoms with Crippen molar-refractivity contribution in [3.8, 4) is 34.4 Å². The van der Waals surface area contributed by atoms with E-state index >= 15 is 0 Å². The van der Waals surface area contributed by atoms with Gasteiger partial charge in [0, 0.05) is 24.9 Å². The molecule has 0 aliphatic carbocycles. The highest BCUT2D eigenvalue weighted by Gasteiger charge is 2.23. The number of nitrogens with one attached hydrogen (secondary N) is 1. The molecule has 0 saturated carbocycles. The topological polar surface area (TPSA) is 185 Å². The summed E-state index contributed by atoms with van der Waals surface area (Å²) in [6.07, 6.45) is 0.0520. The molecule has 0 aliphatic heterocycles. The molecule has 4 rings (SSSR count). The molecule has 0 saturated heterocycles. The zero-order chi connectivity index (χ0) is 29.0. The lowest BCUT2D eigenvalue weighted by atomic mass is 10.2. The number of aromatic nitrogens is 9. The Kier molecular flexibility index (Phi) is 7.92. The van der Waals surface area contributed by atoms with Crippen LogP contribution in [-0.2, 0) is 23.1 Å². The first-order chi connectivity index (χ1) is 18.9. The molecule has 17 heteroatoms. The molecule has 0 bridgehead atoms. The van der Waals surface area contributed by atoms with E-state index < -0.39 is 47.6 Å². The van der Waals surface area contributed by atoms with Crippen LogP contribution in [0.3, 0.4) is 0 Å². The molecule has 1 unspecified atom stereocenters. The summed E-state index contributed by atoms with van der Waals surface area (Å²) in [5.74, 6) is -3.04. The Bertz CT molecular complexity index is 1530. The first-order valence-corrected chi connectivity index (χ1v) is 11.7. The van der Waals surface area contributed by atoms with Gasteiger partial charge < -0.3 is 19.9 Å². The fourth-order valence-corrected chi connectivity index (χ4v) is 3.42. The number of hydrogen-bond donors (Lipinski definition) is 2. The fourth-order valence-electron chi connectivity index (χ4n) is 3.42. The van der Waals surface area contributed by atoms with Gasteiger partial charge in [0.2, 0.25) is 5.82 Å². The van der Waals surface area contributed by atoms with E-state index in [2.05, 4.69) is 41.2 Å². The van der Waals surface area contributed by atoms with E-state index in [1.165, 1.54) is 23.0 Å². The van der Waals surface area contributed by atoms with Crippen LogP contribution in [0.25, 0.3) is 22.8 Å². The number of alkyl carbamates (subject to hydrolysis) is 1. The van der Waals surface area contributed by atoms with Gasteiger partial charge in [0.15, 0.2) is 11.6 Å². The molecular formula is C23H24F2N10O5. The number of ether oxygens (including phenoxy) is 2. The van der Waals surface area contributed by atoms with Crippen molar-refractivity contribution < 1.29 is 33.0 Å². The van der Waals surface area contributed by atoms with Gasteiger partial charge in [-0.05, 0) is 54.6 Å². The number of aryl methyl sites for hydroxylation is 1. The van der Waals surface area contributed by atoms with E-state index in [1.807, 2.05) is 0 Å². The Morgan fingerprint density at radius 1 is 1.12 bits per heavy atom. The first-order valence-electron chi connectivity index (χ1n) is 11.7. The second-order valence-corrected chi connectivity index (χ2v) is 9.49. The van der Waals surface area contributed by atoms with Crippen LogP contribution in [0, 0.1) is 11.6 Å². The van der Waals surface area contributed by atoms with Crippen LogP contribution in [-0.4, -0.2) is 74.2 Å². The zero-order valence-electron chi connectivity index (χ0n) is 21.7. The van der Waals surface area contributed by atoms with E-state index in [-0.39, 0.29) is 23.7 Å². The van der Waals surface area contributed by atoms with Crippen LogP contribution in [0.15, 0.2) is 30.5 Å². The summed E-state index contributed by atoms with van der Waals surface area (Å²) in [4.78, 5) is 28.3. The van der Waals surface area contributed by atoms with Gasteiger partial charge in [-0.15, -0.1) is 15.3 Å². The quantitative estimate of drug-likeness (QED) is 0.306. The number of amides is 1. The number of carboxylic acids is 1. The molecule has 3 aromatic heterocycles. The smallest absolute Gasteiger partial charge is 0.407 e. The minimum Gasteiger partial charge on any atom is -0.481 e. The monoisotopic (exact) mass is 558 g/mol. The highest BCUT2D eigenvalue weighted by Crippen LogP contribution is 2.29. The average molecular weight is 559 g/mol. The number of halogens is 2. The van der Waals surface area contributed by atoms with Gasteiger partial charge in [0.05, 0.1) is 24.6 Å². The number of rotatable bonds is 9. The molecule has 40 heavy (non-hydrogen) atoms. The van der Waals surface area contributed by atoms with Crippen molar-refractivity contribution >= 4 is 12.1 Å². The van der Waals surface area contributed by atoms with Crippen molar-refractivity contribution in [3.63, 3.8) is 0 Å². The SMILES string of the molecule is Cn1nnnc1-c1cnc(Oc2ccc(-c3nnn(CC(CC(=O)O)NC(=O)OC(C)(C)C)n3)c(F)c2)c(F)c1. The predicted molar refractivity (Wildman–Crippen MR) is 131 cm³/mol. The second-order valence-electron chi connectivity index (χ2n) is 9.49. The van der Waals surface area contributed by atoms with Crippen molar-refractivity contribution in [3.05, 3.63) is 42.1 Å². The number of carbonyl (C=O) groups is 2. The summed E-state index contributed by atoms with van der Waals surface area (Å²) in [5, 5.41) is 34.3. The summed E-state index contributed by atoms with van der Waals surface area (Å²) in [6.45, 7) is 4.82. The lowest BCUT2D eigenvalue weighted by Crippen LogP contribution is -2.42. The number of carboxylic acid groups (broad SMARTS) is 1. The van der Waals surface area contributed by atoms with Crippen molar-refractivity contribution in [2.75, 3.05) is 0 Å². The Hall–Kier alpha value is -5.09. The van der Waals surface area contributed by atoms with Crippen LogP contribution in [0.5, 0.6) is 11.6 Å². The molecule has 0 radical (unpaired) electrons. The maximum Gasteiger partial charge on any atom is 0.407 e. The zero-order valence-corrected chi connectivity index (χ0v) is 21.7. The largest absolute Gasteiger partial charge is 0.481 e. The third kappa shape index (κ3) is 7.06. The normalized spacial score (nSPS) is 12.2. The lowest BCUT2D eigenvalue weighted by molar-refractivity contribution is -0.137. The first kappa shape index (κ1) is 27.9. The number of nitrogens with zero attached hydrogens (tertiary/aromatic N) is 9. The summed E-state index contributed by atoms with van der Waals surface area (Å²) in [7, 11) is 1.59. The lowest BCUT2D eigenvalue weighted by Gasteiger charge is -2.22. The standard InChI is InChI=1S/C23H24F2N10O5/c1-23(2,3)40-22(38)27-13(8-18(36)37)11-35-30-19(28-32-35)15-6-5-14(9-16(15)24)39-21-17(25)7-12(10-26-21)20-29-31-33-34(20)4/h5-7,9-10,13H,8,11H2,1-4H3,(H,27,38)(H,36,37). The second kappa shape index (κ2) is 11.3. The van der Waals surface area contributed by atoms with Gasteiger partial charge in [-0.3, -0.25) is 4.79 Å². The minimum atomic E-state index is -1.17. The number of hydrogen-bond acceptors (Lipinski definition) is 11. The van der Waals surface area contributed by atoms with Crippen molar-refractivity contribution in [1.82, 2.24) is 50.7 Å². The molecule has 1 aromatic carbocycles. The van der Waals surface area contributed by atoms with Crippen molar-refractivity contribution in [2.24, 2.45) is 7.05 Å². The number of aliphatic carboxylic acids is 1. The van der Waals surface area contributed by atoms with Gasteiger partial charge >= 0.3 is 12.1 Å². The Morgan fingerprint density at radius 2 is 1.90 bits per heavy atom. The van der Waals surface area contributed by atoms with Gasteiger partial charge in [-0.25, -0.2) is 23.2 Å². The molecular weight excluding hydrogens is 534 g/mol. The van der Waals surface area contributed by atoms with Crippen LogP contribution < -0.4 is 10.1 Å². The van der Waals surface area contributed by atoms with Crippen LogP contribution in [0.4, 0.5) is 13.6 Å². The molecule has 4 aromatic rings. The molecule has 0 spiro atoms. The summed E-state index contributed by atoms with van der Waals surface area (Å²) < 4.78 is 41.4. The molecule has 2 N–H and O–H groups in total. The third-order valence-electron chi connectivity index (χ3n) is 5.06. The maximum atomic E-state index is 14.9. The molecule has 1 amide bonds. The van der Waals surface area contributed by atoms with E-state index in [0.29, 0.717) is 11.4 Å². The summed E-state index contributed by atoms with van der Waals surface area (Å²) in [6, 6.07) is 3.86. The third-order valence-corrected chi connectivity index (χ3v) is 5.06. The van der Waals surface area contributed by atoms with Gasteiger partial charge in [-0.1, -0.05) is 0 Å². The molecule has 210 valence electrons. The average Bonchev–Trinajstić information content (AvgIpc) is 3.47. The van der Waals surface area contributed by atoms with Crippen LogP contribution >= 0.6 is 0 Å².